The van der Waals surface area contributed by atoms with Crippen molar-refractivity contribution in [2.24, 2.45) is 5.41 Å². The van der Waals surface area contributed by atoms with E-state index in [0.29, 0.717) is 32.7 Å². The Morgan fingerprint density at radius 1 is 1.19 bits per heavy atom. The predicted molar refractivity (Wildman–Crippen MR) is 123 cm³/mol. The van der Waals surface area contributed by atoms with Crippen LogP contribution in [0.4, 0.5) is 0 Å². The molecule has 2 N–H and O–H groups in total. The molecule has 0 saturated heterocycles. The van der Waals surface area contributed by atoms with Crippen molar-refractivity contribution in [3.63, 3.8) is 0 Å². The molecule has 0 fully saturated rings. The summed E-state index contributed by atoms with van der Waals surface area (Å²) in [6.45, 7) is 19.6. The monoisotopic (exact) mass is 429 g/mol. The zero-order valence-electron chi connectivity index (χ0n) is 18.9. The van der Waals surface area contributed by atoms with Gasteiger partial charge in [0, 0.05) is 13.1 Å². The summed E-state index contributed by atoms with van der Waals surface area (Å²) in [5.41, 5.74) is 2.52. The molecular weight excluding hydrogens is 394 g/mol. The average molecular weight is 430 g/mol. The highest BCUT2D eigenvalue weighted by Crippen LogP contribution is 2.26. The first-order chi connectivity index (χ1) is 14.4. The largest absolute Gasteiger partial charge is 0.481 e. The summed E-state index contributed by atoms with van der Waals surface area (Å²) < 4.78 is 5.99. The molecule has 1 unspecified atom stereocenters. The van der Waals surface area contributed by atoms with E-state index >= 15 is 0 Å². The van der Waals surface area contributed by atoms with Gasteiger partial charge >= 0.3 is 11.9 Å². The molecule has 1 atom stereocenters. The summed E-state index contributed by atoms with van der Waals surface area (Å²) in [6.07, 6.45) is 2.21. The maximum atomic E-state index is 11.2. The van der Waals surface area contributed by atoms with Crippen LogP contribution in [-0.2, 0) is 16.1 Å². The molecule has 6 nitrogen and oxygen atoms in total. The number of aromatic carboxylic acids is 1. The SMILES string of the molecule is C=CC(=C)COC(CN(CCC(C)(C)CC(=O)O)Cc1ccc(C(=O)O)cc1)C(=C)C. The van der Waals surface area contributed by atoms with Gasteiger partial charge in [-0.15, -0.1) is 0 Å². The van der Waals surface area contributed by atoms with Crippen molar-refractivity contribution >= 4 is 11.9 Å². The summed E-state index contributed by atoms with van der Waals surface area (Å²) in [5.74, 6) is -1.77. The molecule has 6 heteroatoms. The molecule has 0 bridgehead atoms. The third-order valence-electron chi connectivity index (χ3n) is 5.07. The van der Waals surface area contributed by atoms with Gasteiger partial charge < -0.3 is 14.9 Å². The second-order valence-electron chi connectivity index (χ2n) is 8.73. The van der Waals surface area contributed by atoms with E-state index in [1.807, 2.05) is 20.8 Å². The van der Waals surface area contributed by atoms with Crippen molar-refractivity contribution in [1.29, 1.82) is 0 Å². The third-order valence-corrected chi connectivity index (χ3v) is 5.07. The van der Waals surface area contributed by atoms with Gasteiger partial charge in [0.15, 0.2) is 0 Å². The van der Waals surface area contributed by atoms with Crippen LogP contribution in [0, 0.1) is 5.41 Å². The predicted octanol–water partition coefficient (Wildman–Crippen LogP) is 4.78. The molecule has 1 rings (SSSR count). The Morgan fingerprint density at radius 3 is 2.29 bits per heavy atom. The number of nitrogens with zero attached hydrogens (tertiary/aromatic N) is 1. The van der Waals surface area contributed by atoms with Crippen molar-refractivity contribution in [1.82, 2.24) is 4.90 Å². The topological polar surface area (TPSA) is 87.1 Å². The van der Waals surface area contributed by atoms with Gasteiger partial charge in [0.2, 0.25) is 0 Å². The normalized spacial score (nSPS) is 12.4. The van der Waals surface area contributed by atoms with E-state index in [4.69, 9.17) is 9.84 Å². The van der Waals surface area contributed by atoms with Gasteiger partial charge in [0.25, 0.3) is 0 Å². The number of rotatable bonds is 15. The van der Waals surface area contributed by atoms with Crippen LogP contribution < -0.4 is 0 Å². The van der Waals surface area contributed by atoms with Crippen LogP contribution >= 0.6 is 0 Å². The van der Waals surface area contributed by atoms with Crippen molar-refractivity contribution in [3.05, 3.63) is 72.4 Å². The number of ether oxygens (including phenoxy) is 1. The molecule has 0 heterocycles. The Kier molecular flexibility index (Phi) is 10.4. The number of carboxylic acid groups (broad SMARTS) is 2. The van der Waals surface area contributed by atoms with Gasteiger partial charge in [0.1, 0.15) is 0 Å². The quantitative estimate of drug-likeness (QED) is 0.308. The number of benzene rings is 1. The molecule has 0 aliphatic heterocycles. The Balaban J connectivity index is 2.97. The fraction of sp³-hybridized carbons (Fsp3) is 0.440. The fourth-order valence-electron chi connectivity index (χ4n) is 3.06. The van der Waals surface area contributed by atoms with E-state index < -0.39 is 11.9 Å². The Hall–Kier alpha value is -2.70. The molecular formula is C25H35NO5. The maximum Gasteiger partial charge on any atom is 0.335 e. The van der Waals surface area contributed by atoms with Crippen LogP contribution in [0.1, 0.15) is 49.5 Å². The summed E-state index contributed by atoms with van der Waals surface area (Å²) >= 11 is 0. The molecule has 31 heavy (non-hydrogen) atoms. The minimum absolute atomic E-state index is 0.0910. The molecule has 0 saturated carbocycles. The third kappa shape index (κ3) is 10.2. The van der Waals surface area contributed by atoms with Crippen molar-refractivity contribution < 1.29 is 24.5 Å². The Morgan fingerprint density at radius 2 is 1.81 bits per heavy atom. The first-order valence-corrected chi connectivity index (χ1v) is 10.3. The lowest BCUT2D eigenvalue weighted by molar-refractivity contribution is -0.139. The first-order valence-electron chi connectivity index (χ1n) is 10.3. The van der Waals surface area contributed by atoms with E-state index in [-0.39, 0.29) is 23.5 Å². The highest BCUT2D eigenvalue weighted by atomic mass is 16.5. The molecule has 0 aliphatic rings. The van der Waals surface area contributed by atoms with Crippen LogP contribution in [0.3, 0.4) is 0 Å². The molecule has 170 valence electrons. The average Bonchev–Trinajstić information content (AvgIpc) is 2.67. The van der Waals surface area contributed by atoms with E-state index in [1.165, 1.54) is 0 Å². The standard InChI is InChI=1S/C25H35NO5/c1-7-19(4)17-31-22(18(2)3)16-26(13-12-25(5,6)14-23(27)28)15-20-8-10-21(11-9-20)24(29)30/h7-11,22H,1-2,4,12-17H2,3,5-6H3,(H,27,28)(H,29,30). The molecule has 0 amide bonds. The minimum atomic E-state index is -0.961. The Bertz CT molecular complexity index is 795. The first kappa shape index (κ1) is 26.3. The molecule has 1 aromatic carbocycles. The molecule has 0 aliphatic carbocycles. The van der Waals surface area contributed by atoms with Gasteiger partial charge in [-0.05, 0) is 48.6 Å². The van der Waals surface area contributed by atoms with Gasteiger partial charge in [-0.3, -0.25) is 9.69 Å². The summed E-state index contributed by atoms with van der Waals surface area (Å²) in [4.78, 5) is 24.5. The fourth-order valence-corrected chi connectivity index (χ4v) is 3.06. The molecule has 0 aromatic heterocycles. The molecule has 0 radical (unpaired) electrons. The van der Waals surface area contributed by atoms with E-state index in [2.05, 4.69) is 24.6 Å². The number of hydrogen-bond donors (Lipinski definition) is 2. The highest BCUT2D eigenvalue weighted by molar-refractivity contribution is 5.87. The van der Waals surface area contributed by atoms with Crippen LogP contribution in [0.25, 0.3) is 0 Å². The van der Waals surface area contributed by atoms with Crippen LogP contribution in [0.15, 0.2) is 61.2 Å². The number of carboxylic acids is 2. The lowest BCUT2D eigenvalue weighted by Gasteiger charge is -2.31. The number of carbonyl (C=O) groups is 2. The zero-order chi connectivity index (χ0) is 23.6. The molecule has 0 spiro atoms. The Labute approximate surface area is 185 Å². The zero-order valence-corrected chi connectivity index (χ0v) is 18.9. The minimum Gasteiger partial charge on any atom is -0.481 e. The van der Waals surface area contributed by atoms with E-state index in [1.54, 1.807) is 30.3 Å². The van der Waals surface area contributed by atoms with Crippen molar-refractivity contribution in [3.8, 4) is 0 Å². The van der Waals surface area contributed by atoms with Gasteiger partial charge in [-0.1, -0.05) is 57.4 Å². The summed E-state index contributed by atoms with van der Waals surface area (Å²) in [5, 5.41) is 18.3. The van der Waals surface area contributed by atoms with E-state index in [0.717, 1.165) is 16.7 Å². The lowest BCUT2D eigenvalue weighted by Crippen LogP contribution is -2.37. The second-order valence-corrected chi connectivity index (χ2v) is 8.73. The summed E-state index contributed by atoms with van der Waals surface area (Å²) in [7, 11) is 0. The van der Waals surface area contributed by atoms with Crippen LogP contribution in [-0.4, -0.2) is 52.9 Å². The van der Waals surface area contributed by atoms with Gasteiger partial charge in [-0.2, -0.15) is 0 Å². The lowest BCUT2D eigenvalue weighted by atomic mass is 9.85. The van der Waals surface area contributed by atoms with Crippen LogP contribution in [0.2, 0.25) is 0 Å². The molecule has 1 aromatic rings. The van der Waals surface area contributed by atoms with Gasteiger partial charge in [0.05, 0.1) is 24.7 Å². The second kappa shape index (κ2) is 12.2. The number of aliphatic carboxylic acids is 1. The highest BCUT2D eigenvalue weighted by Gasteiger charge is 2.24. The number of hydrogen-bond acceptors (Lipinski definition) is 4. The van der Waals surface area contributed by atoms with E-state index in [9.17, 15) is 14.7 Å². The van der Waals surface area contributed by atoms with Crippen molar-refractivity contribution in [2.75, 3.05) is 19.7 Å². The summed E-state index contributed by atoms with van der Waals surface area (Å²) in [6, 6.07) is 6.78. The smallest absolute Gasteiger partial charge is 0.335 e. The van der Waals surface area contributed by atoms with Crippen LogP contribution in [0.5, 0.6) is 0 Å². The van der Waals surface area contributed by atoms with Gasteiger partial charge in [-0.25, -0.2) is 4.79 Å². The van der Waals surface area contributed by atoms with Crippen molar-refractivity contribution in [2.45, 2.75) is 46.3 Å². The maximum absolute atomic E-state index is 11.2.